The van der Waals surface area contributed by atoms with E-state index < -0.39 is 0 Å². The molecule has 2 aliphatic rings. The standard InChI is InChI=1S/C17H24N2O2/c1-12(2)13-10-14(11-13)21-16-7-5-6-15(18-16)17(20)19-8-3-4-9-19/h5-7,12-14H,3-4,8-11H2,1-2H3. The molecule has 0 N–H and O–H groups in total. The van der Waals surface area contributed by atoms with Crippen molar-refractivity contribution in [3.05, 3.63) is 23.9 Å². The number of hydrogen-bond donors (Lipinski definition) is 0. The third-order valence-corrected chi connectivity index (χ3v) is 4.70. The molecule has 0 bridgehead atoms. The largest absolute Gasteiger partial charge is 0.474 e. The van der Waals surface area contributed by atoms with E-state index in [0.29, 0.717) is 11.6 Å². The second-order valence-corrected chi connectivity index (χ2v) is 6.58. The summed E-state index contributed by atoms with van der Waals surface area (Å²) in [7, 11) is 0. The van der Waals surface area contributed by atoms with Gasteiger partial charge in [0, 0.05) is 19.2 Å². The van der Waals surface area contributed by atoms with Gasteiger partial charge in [0.25, 0.3) is 5.91 Å². The predicted molar refractivity (Wildman–Crippen MR) is 81.4 cm³/mol. The molecule has 4 nitrogen and oxygen atoms in total. The highest BCUT2D eigenvalue weighted by molar-refractivity contribution is 5.92. The zero-order valence-corrected chi connectivity index (χ0v) is 12.9. The maximum atomic E-state index is 12.3. The van der Waals surface area contributed by atoms with Crippen LogP contribution in [0.1, 0.15) is 50.0 Å². The lowest BCUT2D eigenvalue weighted by atomic mass is 9.75. The Morgan fingerprint density at radius 1 is 1.29 bits per heavy atom. The van der Waals surface area contributed by atoms with Crippen molar-refractivity contribution >= 4 is 5.91 Å². The fourth-order valence-electron chi connectivity index (χ4n) is 3.10. The van der Waals surface area contributed by atoms with Crippen molar-refractivity contribution in [2.45, 2.75) is 45.6 Å². The minimum atomic E-state index is 0.0339. The molecule has 0 radical (unpaired) electrons. The number of carbonyl (C=O) groups excluding carboxylic acids is 1. The average molecular weight is 288 g/mol. The quantitative estimate of drug-likeness (QED) is 0.855. The van der Waals surface area contributed by atoms with Gasteiger partial charge in [0.1, 0.15) is 11.8 Å². The summed E-state index contributed by atoms with van der Waals surface area (Å²) in [4.78, 5) is 18.6. The molecule has 1 aromatic rings. The zero-order chi connectivity index (χ0) is 14.8. The third kappa shape index (κ3) is 3.20. The first-order valence-corrected chi connectivity index (χ1v) is 8.06. The summed E-state index contributed by atoms with van der Waals surface area (Å²) in [5, 5.41) is 0. The zero-order valence-electron chi connectivity index (χ0n) is 12.9. The monoisotopic (exact) mass is 288 g/mol. The van der Waals surface area contributed by atoms with Crippen LogP contribution in [0.2, 0.25) is 0 Å². The Balaban J connectivity index is 1.60. The number of rotatable bonds is 4. The van der Waals surface area contributed by atoms with E-state index in [1.165, 1.54) is 0 Å². The van der Waals surface area contributed by atoms with Gasteiger partial charge in [0.05, 0.1) is 0 Å². The molecular weight excluding hydrogens is 264 g/mol. The third-order valence-electron chi connectivity index (χ3n) is 4.70. The van der Waals surface area contributed by atoms with Gasteiger partial charge in [0.2, 0.25) is 5.88 Å². The molecule has 0 aromatic carbocycles. The smallest absolute Gasteiger partial charge is 0.272 e. The van der Waals surface area contributed by atoms with Crippen LogP contribution in [-0.4, -0.2) is 35.0 Å². The van der Waals surface area contributed by atoms with Crippen molar-refractivity contribution in [1.29, 1.82) is 0 Å². The van der Waals surface area contributed by atoms with Crippen molar-refractivity contribution in [3.63, 3.8) is 0 Å². The highest BCUT2D eigenvalue weighted by Gasteiger charge is 2.33. The van der Waals surface area contributed by atoms with Gasteiger partial charge >= 0.3 is 0 Å². The molecular formula is C17H24N2O2. The lowest BCUT2D eigenvalue weighted by molar-refractivity contribution is 0.0379. The second kappa shape index (κ2) is 6.04. The number of amides is 1. The molecule has 2 fully saturated rings. The van der Waals surface area contributed by atoms with Crippen LogP contribution in [0.15, 0.2) is 18.2 Å². The van der Waals surface area contributed by atoms with Crippen molar-refractivity contribution < 1.29 is 9.53 Å². The van der Waals surface area contributed by atoms with Crippen LogP contribution in [0.5, 0.6) is 5.88 Å². The highest BCUT2D eigenvalue weighted by Crippen LogP contribution is 2.35. The first kappa shape index (κ1) is 14.4. The van der Waals surface area contributed by atoms with Crippen molar-refractivity contribution in [1.82, 2.24) is 9.88 Å². The molecule has 4 heteroatoms. The molecule has 114 valence electrons. The normalized spacial score (nSPS) is 25.0. The summed E-state index contributed by atoms with van der Waals surface area (Å²) in [6, 6.07) is 5.50. The topological polar surface area (TPSA) is 42.4 Å². The number of carbonyl (C=O) groups is 1. The fourth-order valence-corrected chi connectivity index (χ4v) is 3.10. The fraction of sp³-hybridized carbons (Fsp3) is 0.647. The Bertz CT molecular complexity index is 503. The van der Waals surface area contributed by atoms with Crippen molar-refractivity contribution in [2.24, 2.45) is 11.8 Å². The molecule has 2 heterocycles. The van der Waals surface area contributed by atoms with Crippen LogP contribution in [0.3, 0.4) is 0 Å². The summed E-state index contributed by atoms with van der Waals surface area (Å²) in [6.07, 6.45) is 4.66. The Hall–Kier alpha value is -1.58. The number of pyridine rings is 1. The first-order valence-electron chi connectivity index (χ1n) is 8.06. The van der Waals surface area contributed by atoms with E-state index in [-0.39, 0.29) is 12.0 Å². The maximum absolute atomic E-state index is 12.3. The Morgan fingerprint density at radius 2 is 2.00 bits per heavy atom. The number of likely N-dealkylation sites (tertiary alicyclic amines) is 1. The van der Waals surface area contributed by atoms with Crippen molar-refractivity contribution in [2.75, 3.05) is 13.1 Å². The van der Waals surface area contributed by atoms with E-state index in [1.54, 1.807) is 6.07 Å². The summed E-state index contributed by atoms with van der Waals surface area (Å²) >= 11 is 0. The molecule has 3 rings (SSSR count). The van der Waals surface area contributed by atoms with E-state index in [4.69, 9.17) is 4.74 Å². The van der Waals surface area contributed by atoms with Crippen LogP contribution in [0.4, 0.5) is 0 Å². The summed E-state index contributed by atoms with van der Waals surface area (Å²) in [5.41, 5.74) is 0.508. The van der Waals surface area contributed by atoms with E-state index in [1.807, 2.05) is 17.0 Å². The molecule has 1 aliphatic carbocycles. The molecule has 1 saturated heterocycles. The molecule has 1 saturated carbocycles. The van der Waals surface area contributed by atoms with Gasteiger partial charge in [-0.25, -0.2) is 4.98 Å². The van der Waals surface area contributed by atoms with Crippen LogP contribution in [0.25, 0.3) is 0 Å². The van der Waals surface area contributed by atoms with E-state index in [9.17, 15) is 4.79 Å². The van der Waals surface area contributed by atoms with Crippen LogP contribution in [0, 0.1) is 11.8 Å². The van der Waals surface area contributed by atoms with E-state index in [2.05, 4.69) is 18.8 Å². The SMILES string of the molecule is CC(C)C1CC(Oc2cccc(C(=O)N3CCCC3)n2)C1. The van der Waals surface area contributed by atoms with Crippen LogP contribution < -0.4 is 4.74 Å². The maximum Gasteiger partial charge on any atom is 0.272 e. The van der Waals surface area contributed by atoms with E-state index in [0.717, 1.165) is 50.6 Å². The van der Waals surface area contributed by atoms with Gasteiger partial charge in [0.15, 0.2) is 0 Å². The molecule has 1 aromatic heterocycles. The van der Waals surface area contributed by atoms with Gasteiger partial charge < -0.3 is 9.64 Å². The summed E-state index contributed by atoms with van der Waals surface area (Å²) in [5.74, 6) is 2.11. The minimum absolute atomic E-state index is 0.0339. The molecule has 1 amide bonds. The molecule has 0 atom stereocenters. The van der Waals surface area contributed by atoms with Crippen LogP contribution in [-0.2, 0) is 0 Å². The minimum Gasteiger partial charge on any atom is -0.474 e. The average Bonchev–Trinajstić information content (AvgIpc) is 2.95. The molecule has 0 spiro atoms. The van der Waals surface area contributed by atoms with Gasteiger partial charge in [-0.05, 0) is 43.6 Å². The van der Waals surface area contributed by atoms with Gasteiger partial charge in [-0.2, -0.15) is 0 Å². The highest BCUT2D eigenvalue weighted by atomic mass is 16.5. The summed E-state index contributed by atoms with van der Waals surface area (Å²) < 4.78 is 5.90. The first-order chi connectivity index (χ1) is 10.1. The summed E-state index contributed by atoms with van der Waals surface area (Å²) in [6.45, 7) is 6.22. The lowest BCUT2D eigenvalue weighted by Gasteiger charge is -2.37. The lowest BCUT2D eigenvalue weighted by Crippen LogP contribution is -2.36. The van der Waals surface area contributed by atoms with Crippen LogP contribution >= 0.6 is 0 Å². The molecule has 0 unspecified atom stereocenters. The number of aromatic nitrogens is 1. The second-order valence-electron chi connectivity index (χ2n) is 6.58. The predicted octanol–water partition coefficient (Wildman–Crippen LogP) is 3.13. The number of hydrogen-bond acceptors (Lipinski definition) is 3. The Labute approximate surface area is 126 Å². The Kier molecular flexibility index (Phi) is 4.13. The molecule has 21 heavy (non-hydrogen) atoms. The number of nitrogens with zero attached hydrogens (tertiary/aromatic N) is 2. The van der Waals surface area contributed by atoms with Gasteiger partial charge in [-0.3, -0.25) is 4.79 Å². The van der Waals surface area contributed by atoms with E-state index >= 15 is 0 Å². The van der Waals surface area contributed by atoms with Crippen molar-refractivity contribution in [3.8, 4) is 5.88 Å². The van der Waals surface area contributed by atoms with Gasteiger partial charge in [-0.1, -0.05) is 19.9 Å². The Morgan fingerprint density at radius 3 is 2.67 bits per heavy atom. The number of ether oxygens (including phenoxy) is 1. The van der Waals surface area contributed by atoms with Gasteiger partial charge in [-0.15, -0.1) is 0 Å². The molecule has 1 aliphatic heterocycles.